The van der Waals surface area contributed by atoms with E-state index in [1.54, 1.807) is 0 Å². The van der Waals surface area contributed by atoms with Gasteiger partial charge in [0.15, 0.2) is 0 Å². The molecular weight excluding hydrogens is 296 g/mol. The summed E-state index contributed by atoms with van der Waals surface area (Å²) in [6.45, 7) is 2.65. The van der Waals surface area contributed by atoms with Gasteiger partial charge in [-0.05, 0) is 32.1 Å². The first-order valence-corrected chi connectivity index (χ1v) is 9.05. The molecule has 136 valence electrons. The molecule has 1 aliphatic rings. The Morgan fingerprint density at radius 1 is 1.13 bits per heavy atom. The fourth-order valence-corrected chi connectivity index (χ4v) is 2.73. The smallest absolute Gasteiger partial charge is 0.114 e. The van der Waals surface area contributed by atoms with Crippen LogP contribution >= 0.6 is 0 Å². The molecule has 3 N–H and O–H groups in total. The Morgan fingerprint density at radius 3 is 2.48 bits per heavy atom. The van der Waals surface area contributed by atoms with Crippen molar-refractivity contribution in [2.24, 2.45) is 0 Å². The van der Waals surface area contributed by atoms with Crippen LogP contribution in [-0.4, -0.2) is 59.6 Å². The normalized spacial score (nSPS) is 26.2. The fraction of sp³-hybridized carbons (Fsp3) is 0.889. The molecule has 1 fully saturated rings. The highest BCUT2D eigenvalue weighted by Crippen LogP contribution is 2.20. The minimum absolute atomic E-state index is 0.264. The molecule has 0 amide bonds. The minimum atomic E-state index is -1.05. The first kappa shape index (κ1) is 20.6. The molecule has 5 heteroatoms. The van der Waals surface area contributed by atoms with Crippen molar-refractivity contribution in [3.63, 3.8) is 0 Å². The van der Waals surface area contributed by atoms with E-state index in [9.17, 15) is 10.2 Å². The Bertz CT molecular complexity index is 308. The van der Waals surface area contributed by atoms with E-state index in [1.807, 2.05) is 0 Å². The number of rotatable bonds is 13. The van der Waals surface area contributed by atoms with E-state index >= 15 is 0 Å². The van der Waals surface area contributed by atoms with E-state index in [4.69, 9.17) is 14.6 Å². The minimum Gasteiger partial charge on any atom is -0.394 e. The summed E-state index contributed by atoms with van der Waals surface area (Å²) in [6, 6.07) is 0. The van der Waals surface area contributed by atoms with Crippen molar-refractivity contribution >= 4 is 0 Å². The van der Waals surface area contributed by atoms with Crippen molar-refractivity contribution in [1.82, 2.24) is 0 Å². The maximum absolute atomic E-state index is 9.98. The number of hydrogen-bond donors (Lipinski definition) is 3. The van der Waals surface area contributed by atoms with Crippen LogP contribution in [0, 0.1) is 0 Å². The summed E-state index contributed by atoms with van der Waals surface area (Å²) in [5, 5.41) is 28.4. The number of aliphatic hydroxyl groups excluding tert-OH is 3. The number of unbranched alkanes of at least 4 members (excludes halogenated alkanes) is 6. The van der Waals surface area contributed by atoms with Crippen LogP contribution in [0.15, 0.2) is 12.2 Å². The van der Waals surface area contributed by atoms with Crippen molar-refractivity contribution < 1.29 is 24.8 Å². The summed E-state index contributed by atoms with van der Waals surface area (Å²) >= 11 is 0. The van der Waals surface area contributed by atoms with Gasteiger partial charge in [-0.25, -0.2) is 0 Å². The predicted molar refractivity (Wildman–Crippen MR) is 90.3 cm³/mol. The standard InChI is InChI=1S/C18H34O5/c1-2-3-4-5-6-7-8-9-10-11-12-22-16-14-23-18(17(16)21)15(20)13-19/h7-8,15-21H,2-6,9-14H2,1H3/b8-7+/t15-,16+,17-,18-/m1/s1. The molecule has 0 spiro atoms. The third-order valence-corrected chi connectivity index (χ3v) is 4.22. The maximum Gasteiger partial charge on any atom is 0.114 e. The van der Waals surface area contributed by atoms with E-state index in [0.717, 1.165) is 19.3 Å². The second-order valence-electron chi connectivity index (χ2n) is 6.26. The Labute approximate surface area is 140 Å². The number of aliphatic hydroxyl groups is 3. The van der Waals surface area contributed by atoms with Gasteiger partial charge in [-0.2, -0.15) is 0 Å². The van der Waals surface area contributed by atoms with Crippen LogP contribution in [0.2, 0.25) is 0 Å². The van der Waals surface area contributed by atoms with Crippen molar-refractivity contribution in [3.05, 3.63) is 12.2 Å². The highest BCUT2D eigenvalue weighted by atomic mass is 16.6. The average Bonchev–Trinajstić information content (AvgIpc) is 2.93. The lowest BCUT2D eigenvalue weighted by atomic mass is 10.1. The summed E-state index contributed by atoms with van der Waals surface area (Å²) < 4.78 is 10.9. The highest BCUT2D eigenvalue weighted by molar-refractivity contribution is 4.88. The lowest BCUT2D eigenvalue weighted by Gasteiger charge is -2.20. The SMILES string of the molecule is CCCCCC/C=C/CCCCO[C@H]1CO[C@H]([C@H](O)CO)[C@@H]1O. The molecule has 0 unspecified atom stereocenters. The second kappa shape index (κ2) is 12.9. The molecule has 0 aromatic rings. The van der Waals surface area contributed by atoms with Gasteiger partial charge in [0.05, 0.1) is 13.2 Å². The largest absolute Gasteiger partial charge is 0.394 e. The molecule has 4 atom stereocenters. The average molecular weight is 330 g/mol. The monoisotopic (exact) mass is 330 g/mol. The molecule has 0 radical (unpaired) electrons. The number of ether oxygens (including phenoxy) is 2. The zero-order valence-corrected chi connectivity index (χ0v) is 14.4. The first-order chi connectivity index (χ1) is 11.2. The van der Waals surface area contributed by atoms with Gasteiger partial charge in [0.25, 0.3) is 0 Å². The topological polar surface area (TPSA) is 79.2 Å². The van der Waals surface area contributed by atoms with Gasteiger partial charge in [0, 0.05) is 6.61 Å². The molecule has 1 aliphatic heterocycles. The summed E-state index contributed by atoms with van der Waals surface area (Å²) in [7, 11) is 0. The van der Waals surface area contributed by atoms with Crippen LogP contribution in [-0.2, 0) is 9.47 Å². The summed E-state index contributed by atoms with van der Waals surface area (Å²) in [4.78, 5) is 0. The van der Waals surface area contributed by atoms with Crippen LogP contribution in [0.4, 0.5) is 0 Å². The second-order valence-corrected chi connectivity index (χ2v) is 6.26. The molecule has 1 heterocycles. The molecule has 0 saturated carbocycles. The van der Waals surface area contributed by atoms with E-state index in [0.29, 0.717) is 6.61 Å². The van der Waals surface area contributed by atoms with Crippen LogP contribution in [0.1, 0.15) is 58.3 Å². The molecule has 5 nitrogen and oxygen atoms in total. The maximum atomic E-state index is 9.98. The van der Waals surface area contributed by atoms with E-state index in [-0.39, 0.29) is 6.61 Å². The summed E-state index contributed by atoms with van der Waals surface area (Å²) in [6.07, 6.45) is 10.9. The van der Waals surface area contributed by atoms with Crippen molar-refractivity contribution in [3.8, 4) is 0 Å². The van der Waals surface area contributed by atoms with Gasteiger partial charge in [-0.15, -0.1) is 0 Å². The summed E-state index contributed by atoms with van der Waals surface area (Å²) in [5.74, 6) is 0. The molecule has 0 bridgehead atoms. The number of allylic oxidation sites excluding steroid dienone is 2. The lowest BCUT2D eigenvalue weighted by Crippen LogP contribution is -2.41. The first-order valence-electron chi connectivity index (χ1n) is 9.05. The Balaban J connectivity index is 1.98. The zero-order valence-electron chi connectivity index (χ0n) is 14.4. The van der Waals surface area contributed by atoms with Gasteiger partial charge in [0.2, 0.25) is 0 Å². The third kappa shape index (κ3) is 8.27. The van der Waals surface area contributed by atoms with E-state index < -0.39 is 31.0 Å². The van der Waals surface area contributed by atoms with Gasteiger partial charge in [-0.3, -0.25) is 0 Å². The lowest BCUT2D eigenvalue weighted by molar-refractivity contribution is -0.0730. The van der Waals surface area contributed by atoms with Crippen molar-refractivity contribution in [2.75, 3.05) is 19.8 Å². The third-order valence-electron chi connectivity index (χ3n) is 4.22. The van der Waals surface area contributed by atoms with Crippen LogP contribution in [0.5, 0.6) is 0 Å². The van der Waals surface area contributed by atoms with Gasteiger partial charge < -0.3 is 24.8 Å². The molecule has 23 heavy (non-hydrogen) atoms. The Morgan fingerprint density at radius 2 is 1.83 bits per heavy atom. The zero-order chi connectivity index (χ0) is 16.9. The molecule has 0 aromatic heterocycles. The van der Waals surface area contributed by atoms with E-state index in [2.05, 4.69) is 19.1 Å². The fourth-order valence-electron chi connectivity index (χ4n) is 2.73. The molecule has 1 saturated heterocycles. The van der Waals surface area contributed by atoms with Gasteiger partial charge >= 0.3 is 0 Å². The molecule has 0 aromatic carbocycles. The molecule has 0 aliphatic carbocycles. The van der Waals surface area contributed by atoms with Gasteiger partial charge in [-0.1, -0.05) is 38.3 Å². The predicted octanol–water partition coefficient (Wildman–Crippen LogP) is 2.18. The number of hydrogen-bond acceptors (Lipinski definition) is 5. The Hall–Kier alpha value is -0.460. The van der Waals surface area contributed by atoms with Crippen molar-refractivity contribution in [1.29, 1.82) is 0 Å². The summed E-state index contributed by atoms with van der Waals surface area (Å²) in [5.41, 5.74) is 0. The van der Waals surface area contributed by atoms with E-state index in [1.165, 1.54) is 32.1 Å². The molecular formula is C18H34O5. The van der Waals surface area contributed by atoms with Crippen LogP contribution < -0.4 is 0 Å². The Kier molecular flexibility index (Phi) is 11.5. The van der Waals surface area contributed by atoms with Crippen LogP contribution in [0.3, 0.4) is 0 Å². The highest BCUT2D eigenvalue weighted by Gasteiger charge is 2.40. The van der Waals surface area contributed by atoms with Gasteiger partial charge in [0.1, 0.15) is 24.4 Å². The van der Waals surface area contributed by atoms with Crippen LogP contribution in [0.25, 0.3) is 0 Å². The van der Waals surface area contributed by atoms with Crippen molar-refractivity contribution in [2.45, 2.75) is 82.7 Å². The molecule has 1 rings (SSSR count). The quantitative estimate of drug-likeness (QED) is 0.356.